The third kappa shape index (κ3) is 6.41. The fourth-order valence-electron chi connectivity index (χ4n) is 3.46. The molecule has 154 valence electrons. The van der Waals surface area contributed by atoms with Crippen molar-refractivity contribution in [3.05, 3.63) is 64.1 Å². The summed E-state index contributed by atoms with van der Waals surface area (Å²) in [6.07, 6.45) is 1.53. The van der Waals surface area contributed by atoms with E-state index in [0.717, 1.165) is 49.4 Å². The predicted octanol–water partition coefficient (Wildman–Crippen LogP) is 3.81. The van der Waals surface area contributed by atoms with Crippen molar-refractivity contribution in [2.75, 3.05) is 39.8 Å². The number of hydrogen-bond donors (Lipinski definition) is 0. The number of rotatable bonds is 8. The molecule has 1 saturated heterocycles. The zero-order valence-electron chi connectivity index (χ0n) is 16.8. The summed E-state index contributed by atoms with van der Waals surface area (Å²) >= 11 is 3.36. The number of ether oxygens (including phenoxy) is 1. The molecule has 0 spiro atoms. The standard InChI is InChI=1S/C23H27BrN2O3/c1-29-21-8-2-18(3-9-21)12-13-25-14-16-26(17-15-25)23(28)11-10-22(27)19-4-6-20(24)7-5-19/h2-9H,10-17H2,1H3. The molecule has 0 aromatic heterocycles. The SMILES string of the molecule is COc1ccc(CCN2CCN(C(=O)CCC(=O)c3ccc(Br)cc3)CC2)cc1. The average molecular weight is 459 g/mol. The van der Waals surface area contributed by atoms with Crippen LogP contribution in [0.15, 0.2) is 53.0 Å². The van der Waals surface area contributed by atoms with Crippen LogP contribution in [0.1, 0.15) is 28.8 Å². The van der Waals surface area contributed by atoms with Gasteiger partial charge in [0.25, 0.3) is 0 Å². The fraction of sp³-hybridized carbons (Fsp3) is 0.391. The van der Waals surface area contributed by atoms with Gasteiger partial charge in [0.15, 0.2) is 5.78 Å². The van der Waals surface area contributed by atoms with Gasteiger partial charge in [-0.3, -0.25) is 14.5 Å². The molecule has 0 saturated carbocycles. The minimum atomic E-state index is 0.0176. The van der Waals surface area contributed by atoms with Crippen molar-refractivity contribution in [3.8, 4) is 5.75 Å². The average Bonchev–Trinajstić information content (AvgIpc) is 2.77. The van der Waals surface area contributed by atoms with E-state index in [1.807, 2.05) is 29.2 Å². The Bertz CT molecular complexity index is 813. The van der Waals surface area contributed by atoms with Crippen LogP contribution in [-0.2, 0) is 11.2 Å². The van der Waals surface area contributed by atoms with Crippen molar-refractivity contribution in [1.29, 1.82) is 0 Å². The lowest BCUT2D eigenvalue weighted by Gasteiger charge is -2.34. The van der Waals surface area contributed by atoms with Crippen LogP contribution in [0.4, 0.5) is 0 Å². The van der Waals surface area contributed by atoms with E-state index < -0.39 is 0 Å². The van der Waals surface area contributed by atoms with E-state index >= 15 is 0 Å². The molecule has 1 aliphatic rings. The number of carbonyl (C=O) groups excluding carboxylic acids is 2. The monoisotopic (exact) mass is 458 g/mol. The van der Waals surface area contributed by atoms with Gasteiger partial charge in [-0.25, -0.2) is 0 Å². The third-order valence-corrected chi connectivity index (χ3v) is 5.86. The van der Waals surface area contributed by atoms with E-state index in [0.29, 0.717) is 5.56 Å². The number of hydrogen-bond acceptors (Lipinski definition) is 4. The maximum Gasteiger partial charge on any atom is 0.223 e. The van der Waals surface area contributed by atoms with Crippen LogP contribution in [0, 0.1) is 0 Å². The summed E-state index contributed by atoms with van der Waals surface area (Å²) in [6.45, 7) is 4.20. The molecule has 6 heteroatoms. The first kappa shape index (κ1) is 21.5. The molecule has 0 N–H and O–H groups in total. The Hall–Kier alpha value is -2.18. The quantitative estimate of drug-likeness (QED) is 0.564. The Morgan fingerprint density at radius 1 is 0.931 bits per heavy atom. The van der Waals surface area contributed by atoms with Crippen molar-refractivity contribution in [2.24, 2.45) is 0 Å². The van der Waals surface area contributed by atoms with Gasteiger partial charge in [0.2, 0.25) is 5.91 Å². The molecule has 0 aliphatic carbocycles. The van der Waals surface area contributed by atoms with Gasteiger partial charge >= 0.3 is 0 Å². The number of amides is 1. The second kappa shape index (κ2) is 10.6. The van der Waals surface area contributed by atoms with Gasteiger partial charge in [-0.1, -0.05) is 40.2 Å². The number of methoxy groups -OCH3 is 1. The summed E-state index contributed by atoms with van der Waals surface area (Å²) in [7, 11) is 1.67. The lowest BCUT2D eigenvalue weighted by molar-refractivity contribution is -0.132. The third-order valence-electron chi connectivity index (χ3n) is 5.33. The van der Waals surface area contributed by atoms with Gasteiger partial charge < -0.3 is 9.64 Å². The number of halogens is 1. The van der Waals surface area contributed by atoms with Gasteiger partial charge in [0.1, 0.15) is 5.75 Å². The van der Waals surface area contributed by atoms with Crippen molar-refractivity contribution in [3.63, 3.8) is 0 Å². The topological polar surface area (TPSA) is 49.9 Å². The Labute approximate surface area is 180 Å². The summed E-state index contributed by atoms with van der Waals surface area (Å²) in [5, 5.41) is 0. The molecular weight excluding hydrogens is 432 g/mol. The highest BCUT2D eigenvalue weighted by Crippen LogP contribution is 2.15. The highest BCUT2D eigenvalue weighted by Gasteiger charge is 2.21. The zero-order chi connectivity index (χ0) is 20.6. The van der Waals surface area contributed by atoms with Gasteiger partial charge in [0, 0.05) is 55.6 Å². The lowest BCUT2D eigenvalue weighted by atomic mass is 10.1. The Kier molecular flexibility index (Phi) is 7.83. The van der Waals surface area contributed by atoms with Gasteiger partial charge in [-0.2, -0.15) is 0 Å². The van der Waals surface area contributed by atoms with Crippen molar-refractivity contribution < 1.29 is 14.3 Å². The summed E-state index contributed by atoms with van der Waals surface area (Å²) in [5.41, 5.74) is 1.94. The molecule has 3 rings (SSSR count). The number of nitrogens with zero attached hydrogens (tertiary/aromatic N) is 2. The highest BCUT2D eigenvalue weighted by molar-refractivity contribution is 9.10. The second-order valence-corrected chi connectivity index (χ2v) is 8.17. The molecule has 29 heavy (non-hydrogen) atoms. The van der Waals surface area contributed by atoms with E-state index in [1.54, 1.807) is 19.2 Å². The first-order valence-corrected chi connectivity index (χ1v) is 10.8. The lowest BCUT2D eigenvalue weighted by Crippen LogP contribution is -2.49. The largest absolute Gasteiger partial charge is 0.497 e. The van der Waals surface area contributed by atoms with Crippen LogP contribution in [-0.4, -0.2) is 61.3 Å². The first-order valence-electron chi connectivity index (χ1n) is 9.97. The molecule has 0 radical (unpaired) electrons. The normalized spacial score (nSPS) is 14.6. The number of ketones is 1. The molecule has 1 heterocycles. The first-order chi connectivity index (χ1) is 14.0. The van der Waals surface area contributed by atoms with E-state index in [1.165, 1.54) is 5.56 Å². The molecule has 0 unspecified atom stereocenters. The molecule has 1 aliphatic heterocycles. The molecule has 0 atom stereocenters. The predicted molar refractivity (Wildman–Crippen MR) is 117 cm³/mol. The number of Topliss-reactive ketones (excluding diaryl/α,β-unsaturated/α-hetero) is 1. The number of piperazine rings is 1. The smallest absolute Gasteiger partial charge is 0.223 e. The van der Waals surface area contributed by atoms with E-state index in [2.05, 4.69) is 33.0 Å². The number of carbonyl (C=O) groups is 2. The van der Waals surface area contributed by atoms with Crippen LogP contribution >= 0.6 is 15.9 Å². The van der Waals surface area contributed by atoms with Crippen molar-refractivity contribution in [1.82, 2.24) is 9.80 Å². The van der Waals surface area contributed by atoms with Gasteiger partial charge in [0.05, 0.1) is 7.11 Å². The molecule has 1 amide bonds. The maximum atomic E-state index is 12.5. The Morgan fingerprint density at radius 3 is 2.21 bits per heavy atom. The van der Waals surface area contributed by atoms with Crippen molar-refractivity contribution >= 4 is 27.6 Å². The molecule has 5 nitrogen and oxygen atoms in total. The van der Waals surface area contributed by atoms with Crippen LogP contribution < -0.4 is 4.74 Å². The maximum absolute atomic E-state index is 12.5. The van der Waals surface area contributed by atoms with Crippen LogP contribution in [0.25, 0.3) is 0 Å². The van der Waals surface area contributed by atoms with Crippen molar-refractivity contribution in [2.45, 2.75) is 19.3 Å². The zero-order valence-corrected chi connectivity index (χ0v) is 18.4. The molecular formula is C23H27BrN2O3. The van der Waals surface area contributed by atoms with Gasteiger partial charge in [-0.15, -0.1) is 0 Å². The summed E-state index contributed by atoms with van der Waals surface area (Å²) in [5.74, 6) is 0.966. The fourth-order valence-corrected chi connectivity index (χ4v) is 3.72. The summed E-state index contributed by atoms with van der Waals surface area (Å²) < 4.78 is 6.13. The summed E-state index contributed by atoms with van der Waals surface area (Å²) in [6, 6.07) is 15.4. The van der Waals surface area contributed by atoms with E-state index in [9.17, 15) is 9.59 Å². The van der Waals surface area contributed by atoms with Crippen LogP contribution in [0.3, 0.4) is 0 Å². The summed E-state index contributed by atoms with van der Waals surface area (Å²) in [4.78, 5) is 29.0. The van der Waals surface area contributed by atoms with Gasteiger partial charge in [-0.05, 0) is 36.2 Å². The Balaban J connectivity index is 1.37. The van der Waals surface area contributed by atoms with E-state index in [-0.39, 0.29) is 24.5 Å². The second-order valence-electron chi connectivity index (χ2n) is 7.25. The van der Waals surface area contributed by atoms with Crippen LogP contribution in [0.2, 0.25) is 0 Å². The Morgan fingerprint density at radius 2 is 1.59 bits per heavy atom. The molecule has 1 fully saturated rings. The van der Waals surface area contributed by atoms with Crippen LogP contribution in [0.5, 0.6) is 5.75 Å². The molecule has 0 bridgehead atoms. The number of benzene rings is 2. The molecule has 2 aromatic rings. The highest BCUT2D eigenvalue weighted by atomic mass is 79.9. The van der Waals surface area contributed by atoms with E-state index in [4.69, 9.17) is 4.74 Å². The minimum absolute atomic E-state index is 0.0176. The molecule has 2 aromatic carbocycles. The minimum Gasteiger partial charge on any atom is -0.497 e.